The van der Waals surface area contributed by atoms with Crippen LogP contribution in [0, 0.1) is 18.6 Å². The van der Waals surface area contributed by atoms with Crippen LogP contribution in [0.15, 0.2) is 87.1 Å². The van der Waals surface area contributed by atoms with Gasteiger partial charge in [0, 0.05) is 61.6 Å². The largest absolute Gasteiger partial charge is 0.443 e. The fourth-order valence-corrected chi connectivity index (χ4v) is 7.32. The minimum atomic E-state index is -3.94. The van der Waals surface area contributed by atoms with Crippen LogP contribution in [0.1, 0.15) is 5.89 Å². The summed E-state index contributed by atoms with van der Waals surface area (Å²) in [6.45, 7) is 3.97. The average Bonchev–Trinajstić information content (AvgIpc) is 3.62. The highest BCUT2D eigenvalue weighted by Gasteiger charge is 2.36. The van der Waals surface area contributed by atoms with Crippen molar-refractivity contribution >= 4 is 41.5 Å². The van der Waals surface area contributed by atoms with E-state index in [0.29, 0.717) is 43.6 Å². The Balaban J connectivity index is 0.000000322. The molecule has 244 valence electrons. The Morgan fingerprint density at radius 3 is 1.98 bits per heavy atom. The van der Waals surface area contributed by atoms with Crippen molar-refractivity contribution < 1.29 is 39.7 Å². The van der Waals surface area contributed by atoms with Gasteiger partial charge in [-0.2, -0.15) is 9.29 Å². The Morgan fingerprint density at radius 2 is 1.46 bits per heavy atom. The molecule has 2 aliphatic rings. The second-order valence-corrected chi connectivity index (χ2v) is 14.7. The number of hydrogen-bond donors (Lipinski definition) is 0. The number of sulfonamides is 1. The van der Waals surface area contributed by atoms with Gasteiger partial charge in [-0.05, 0) is 48.5 Å². The Labute approximate surface area is 268 Å². The zero-order valence-corrected chi connectivity index (χ0v) is 26.7. The maximum Gasteiger partial charge on any atom is 0.414 e. The molecule has 3 aromatic carbocycles. The summed E-state index contributed by atoms with van der Waals surface area (Å²) in [5.74, 6) is -0.636. The van der Waals surface area contributed by atoms with Crippen molar-refractivity contribution in [3.8, 4) is 11.4 Å². The smallest absolute Gasteiger partial charge is 0.414 e. The number of cyclic esters (lactones) is 1. The van der Waals surface area contributed by atoms with E-state index in [1.54, 1.807) is 24.0 Å². The van der Waals surface area contributed by atoms with Gasteiger partial charge >= 0.3 is 6.09 Å². The second kappa shape index (κ2) is 13.8. The molecule has 17 heteroatoms. The quantitative estimate of drug-likeness (QED) is 0.257. The zero-order chi connectivity index (χ0) is 33.1. The summed E-state index contributed by atoms with van der Waals surface area (Å²) in [7, 11) is -2.94. The van der Waals surface area contributed by atoms with Gasteiger partial charge in [-0.25, -0.2) is 30.4 Å². The number of hydrogen-bond acceptors (Lipinski definition) is 10. The van der Waals surface area contributed by atoms with Crippen LogP contribution in [0.25, 0.3) is 11.4 Å². The highest BCUT2D eigenvalue weighted by Crippen LogP contribution is 2.26. The average molecular weight is 696 g/mol. The molecule has 2 saturated heterocycles. The lowest BCUT2D eigenvalue weighted by atomic mass is 10.2. The summed E-state index contributed by atoms with van der Waals surface area (Å²) < 4.78 is 85.3. The van der Waals surface area contributed by atoms with Crippen molar-refractivity contribution in [1.29, 1.82) is 0 Å². The molecule has 12 nitrogen and oxygen atoms in total. The fraction of sp³-hybridized carbons (Fsp3) is 0.276. The van der Waals surface area contributed by atoms with E-state index in [-0.39, 0.29) is 24.1 Å². The third kappa shape index (κ3) is 7.70. The van der Waals surface area contributed by atoms with Gasteiger partial charge in [0.05, 0.1) is 6.54 Å². The molecule has 0 saturated carbocycles. The number of benzene rings is 3. The number of aryl methyl sites for hydroxylation is 1. The minimum Gasteiger partial charge on any atom is -0.443 e. The Morgan fingerprint density at radius 1 is 0.870 bits per heavy atom. The van der Waals surface area contributed by atoms with E-state index in [1.807, 2.05) is 12.1 Å². The second-order valence-electron chi connectivity index (χ2n) is 10.3. The molecule has 1 unspecified atom stereocenters. The number of ether oxygens (including phenoxy) is 1. The van der Waals surface area contributed by atoms with E-state index < -0.39 is 41.7 Å². The van der Waals surface area contributed by atoms with Crippen LogP contribution >= 0.6 is 10.7 Å². The first-order valence-corrected chi connectivity index (χ1v) is 17.6. The summed E-state index contributed by atoms with van der Waals surface area (Å²) in [6, 6.07) is 17.6. The SMILES string of the molecule is Cc1nc(-c2ccc(N3CC(CN4CCN(S(=O)(=O)c5ccccc5F)CC4)OC3=O)cc2)no1.O=S(=O)(Cl)c1ccccc1F. The van der Waals surface area contributed by atoms with Gasteiger partial charge in [0.15, 0.2) is 0 Å². The molecule has 1 atom stereocenters. The lowest BCUT2D eigenvalue weighted by Crippen LogP contribution is -2.50. The standard InChI is InChI=1S/C23H24FN5O5S.C6H4ClFO2S/c1-16-25-22(26-34-16)17-6-8-18(9-7-17)29-15-19(33-23(29)30)14-27-10-12-28(13-11-27)35(31,32)21-5-3-2-4-20(21)24;7-11(9,10)6-4-2-1-3-5(6)8/h2-9,19H,10-15H2,1H3;1-4H. The molecule has 2 fully saturated rings. The summed E-state index contributed by atoms with van der Waals surface area (Å²) in [5.41, 5.74) is 1.47. The topological polar surface area (TPSA) is 143 Å². The van der Waals surface area contributed by atoms with Crippen molar-refractivity contribution in [1.82, 2.24) is 19.3 Å². The molecular formula is C29H28ClF2N5O7S2. The number of carbonyl (C=O) groups excluding carboxylic acids is 1. The number of piperazine rings is 1. The highest BCUT2D eigenvalue weighted by molar-refractivity contribution is 8.13. The number of aromatic nitrogens is 2. The molecule has 3 heterocycles. The van der Waals surface area contributed by atoms with Gasteiger partial charge in [0.25, 0.3) is 9.05 Å². The van der Waals surface area contributed by atoms with E-state index in [9.17, 15) is 30.4 Å². The Bertz CT molecular complexity index is 1920. The third-order valence-corrected chi connectivity index (χ3v) is 10.5. The van der Waals surface area contributed by atoms with Crippen LogP contribution in [0.3, 0.4) is 0 Å². The first-order chi connectivity index (χ1) is 21.8. The van der Waals surface area contributed by atoms with Crippen LogP contribution in [0.2, 0.25) is 0 Å². The molecule has 1 aromatic heterocycles. The van der Waals surface area contributed by atoms with Crippen LogP contribution in [-0.2, 0) is 23.8 Å². The maximum absolute atomic E-state index is 14.0. The number of amides is 1. The van der Waals surface area contributed by atoms with Crippen LogP contribution in [0.5, 0.6) is 0 Å². The minimum absolute atomic E-state index is 0.234. The van der Waals surface area contributed by atoms with Gasteiger partial charge < -0.3 is 9.26 Å². The summed E-state index contributed by atoms with van der Waals surface area (Å²) in [4.78, 5) is 19.5. The first kappa shape index (κ1) is 33.4. The molecule has 0 bridgehead atoms. The normalized spacial score (nSPS) is 17.8. The van der Waals surface area contributed by atoms with Crippen molar-refractivity contribution in [2.24, 2.45) is 0 Å². The van der Waals surface area contributed by atoms with Gasteiger partial charge in [0.1, 0.15) is 27.5 Å². The molecule has 2 aliphatic heterocycles. The van der Waals surface area contributed by atoms with Gasteiger partial charge in [0.2, 0.25) is 21.7 Å². The molecule has 0 N–H and O–H groups in total. The molecule has 0 aliphatic carbocycles. The van der Waals surface area contributed by atoms with Crippen LogP contribution in [-0.4, -0.2) is 87.6 Å². The third-order valence-electron chi connectivity index (χ3n) is 7.19. The van der Waals surface area contributed by atoms with Gasteiger partial charge in [-0.1, -0.05) is 29.4 Å². The molecule has 1 amide bonds. The zero-order valence-electron chi connectivity index (χ0n) is 24.3. The van der Waals surface area contributed by atoms with Gasteiger partial charge in [-0.3, -0.25) is 9.80 Å². The van der Waals surface area contributed by atoms with Gasteiger partial charge in [-0.15, -0.1) is 0 Å². The summed E-state index contributed by atoms with van der Waals surface area (Å²) >= 11 is 0. The maximum atomic E-state index is 14.0. The van der Waals surface area contributed by atoms with Crippen molar-refractivity contribution in [2.45, 2.75) is 22.8 Å². The van der Waals surface area contributed by atoms with E-state index >= 15 is 0 Å². The number of carbonyl (C=O) groups is 1. The molecule has 0 radical (unpaired) electrons. The monoisotopic (exact) mass is 695 g/mol. The first-order valence-electron chi connectivity index (χ1n) is 13.9. The number of nitrogens with zero attached hydrogens (tertiary/aromatic N) is 5. The van der Waals surface area contributed by atoms with Crippen molar-refractivity contribution in [3.05, 3.63) is 90.3 Å². The van der Waals surface area contributed by atoms with E-state index in [2.05, 4.69) is 15.0 Å². The predicted octanol–water partition coefficient (Wildman–Crippen LogP) is 4.27. The molecule has 4 aromatic rings. The lowest BCUT2D eigenvalue weighted by Gasteiger charge is -2.34. The fourth-order valence-electron chi connectivity index (χ4n) is 4.91. The van der Waals surface area contributed by atoms with E-state index in [4.69, 9.17) is 19.9 Å². The number of rotatable bonds is 7. The van der Waals surface area contributed by atoms with Crippen molar-refractivity contribution in [2.75, 3.05) is 44.2 Å². The van der Waals surface area contributed by atoms with Crippen LogP contribution in [0.4, 0.5) is 19.3 Å². The van der Waals surface area contributed by atoms with E-state index in [1.165, 1.54) is 34.6 Å². The number of anilines is 1. The van der Waals surface area contributed by atoms with E-state index in [0.717, 1.165) is 23.8 Å². The lowest BCUT2D eigenvalue weighted by molar-refractivity contribution is 0.0937. The highest BCUT2D eigenvalue weighted by atomic mass is 35.7. The Hall–Kier alpha value is -3.96. The molecule has 46 heavy (non-hydrogen) atoms. The molecule has 0 spiro atoms. The van der Waals surface area contributed by atoms with Crippen LogP contribution < -0.4 is 4.90 Å². The summed E-state index contributed by atoms with van der Waals surface area (Å²) in [5, 5.41) is 3.89. The molecular weight excluding hydrogens is 668 g/mol. The predicted molar refractivity (Wildman–Crippen MR) is 163 cm³/mol. The Kier molecular flexibility index (Phi) is 10.0. The summed E-state index contributed by atoms with van der Waals surface area (Å²) in [6.07, 6.45) is -0.782. The van der Waals surface area contributed by atoms with Crippen molar-refractivity contribution in [3.63, 3.8) is 0 Å². The number of halogens is 3. The molecule has 6 rings (SSSR count).